The van der Waals surface area contributed by atoms with Crippen molar-refractivity contribution in [3.63, 3.8) is 0 Å². The predicted octanol–water partition coefficient (Wildman–Crippen LogP) is 23.3. The lowest BCUT2D eigenvalue weighted by Gasteiger charge is -2.18. The summed E-state index contributed by atoms with van der Waals surface area (Å²) in [5.41, 5.74) is 0. The highest BCUT2D eigenvalue weighted by molar-refractivity contribution is 5.71. The van der Waals surface area contributed by atoms with Gasteiger partial charge in [0.15, 0.2) is 6.10 Å². The van der Waals surface area contributed by atoms with Crippen LogP contribution in [0.1, 0.15) is 303 Å². The summed E-state index contributed by atoms with van der Waals surface area (Å²) in [6.07, 6.45) is 96.1. The molecule has 0 bridgehead atoms. The Bertz CT molecular complexity index is 1720. The third-order valence-corrected chi connectivity index (χ3v) is 14.2. The van der Waals surface area contributed by atoms with Crippen molar-refractivity contribution in [3.05, 3.63) is 134 Å². The molecule has 0 saturated carbocycles. The highest BCUT2D eigenvalue weighted by atomic mass is 16.6. The fourth-order valence-corrected chi connectivity index (χ4v) is 9.18. The summed E-state index contributed by atoms with van der Waals surface area (Å²) >= 11 is 0. The van der Waals surface area contributed by atoms with Gasteiger partial charge in [0.25, 0.3) is 0 Å². The van der Waals surface area contributed by atoms with E-state index >= 15 is 0 Å². The number of carbonyl (C=O) groups is 3. The number of esters is 3. The third-order valence-electron chi connectivity index (χ3n) is 14.2. The van der Waals surface area contributed by atoms with E-state index in [4.69, 9.17) is 14.2 Å². The minimum Gasteiger partial charge on any atom is -0.462 e. The SMILES string of the molecule is CC/C=C\C/C=C\C/C=C\C/C=C\C/C=C\C/C=C\C/C=C\C/C=C\CCCCCCCCCCC(=O)OCC(COC(=O)CCCCCCCCCCCCCCCCC)OC(=O)CCCCCCC/C=C\C/C=C\C/C=C\CC. The molecule has 0 aliphatic heterocycles. The van der Waals surface area contributed by atoms with Crippen LogP contribution >= 0.6 is 0 Å². The first-order valence-corrected chi connectivity index (χ1v) is 33.7. The number of allylic oxidation sites excluding steroid dienone is 22. The molecule has 0 N–H and O–H groups in total. The monoisotopic (exact) mass is 1120 g/mol. The zero-order chi connectivity index (χ0) is 58.5. The lowest BCUT2D eigenvalue weighted by Crippen LogP contribution is -2.30. The number of ether oxygens (including phenoxy) is 3. The van der Waals surface area contributed by atoms with Gasteiger partial charge in [-0.25, -0.2) is 0 Å². The van der Waals surface area contributed by atoms with Crippen LogP contribution < -0.4 is 0 Å². The zero-order valence-electron chi connectivity index (χ0n) is 52.8. The molecule has 0 radical (unpaired) electrons. The van der Waals surface area contributed by atoms with Crippen molar-refractivity contribution in [2.75, 3.05) is 13.2 Å². The molecule has 0 aromatic carbocycles. The van der Waals surface area contributed by atoms with Gasteiger partial charge in [-0.2, -0.15) is 0 Å². The third kappa shape index (κ3) is 66.2. The molecule has 6 heteroatoms. The second-order valence-corrected chi connectivity index (χ2v) is 22.0. The van der Waals surface area contributed by atoms with E-state index < -0.39 is 6.10 Å². The number of rotatable bonds is 60. The Morgan fingerprint density at radius 2 is 0.481 bits per heavy atom. The van der Waals surface area contributed by atoms with Crippen molar-refractivity contribution in [2.45, 2.75) is 309 Å². The Labute approximate surface area is 500 Å². The molecule has 0 rings (SSSR count). The summed E-state index contributed by atoms with van der Waals surface area (Å²) in [5, 5.41) is 0. The van der Waals surface area contributed by atoms with Crippen molar-refractivity contribution >= 4 is 17.9 Å². The molecular formula is C75H124O6. The molecular weight excluding hydrogens is 997 g/mol. The summed E-state index contributed by atoms with van der Waals surface area (Å²) in [7, 11) is 0. The second kappa shape index (κ2) is 68.1. The minimum atomic E-state index is -0.794. The van der Waals surface area contributed by atoms with Crippen molar-refractivity contribution in [2.24, 2.45) is 0 Å². The fraction of sp³-hybridized carbons (Fsp3) is 0.667. The van der Waals surface area contributed by atoms with E-state index in [0.29, 0.717) is 19.3 Å². The van der Waals surface area contributed by atoms with Gasteiger partial charge in [-0.15, -0.1) is 0 Å². The van der Waals surface area contributed by atoms with Gasteiger partial charge in [0.2, 0.25) is 0 Å². The summed E-state index contributed by atoms with van der Waals surface area (Å²) in [5.74, 6) is -0.907. The van der Waals surface area contributed by atoms with Gasteiger partial charge in [-0.3, -0.25) is 14.4 Å². The van der Waals surface area contributed by atoms with Crippen LogP contribution in [0.15, 0.2) is 134 Å². The maximum atomic E-state index is 12.9. The molecule has 0 aromatic heterocycles. The molecule has 0 aromatic rings. The first-order chi connectivity index (χ1) is 40.0. The average molecular weight is 1120 g/mol. The molecule has 1 unspecified atom stereocenters. The molecule has 6 nitrogen and oxygen atoms in total. The van der Waals surface area contributed by atoms with Crippen molar-refractivity contribution in [3.8, 4) is 0 Å². The van der Waals surface area contributed by atoms with Gasteiger partial charge >= 0.3 is 17.9 Å². The molecule has 0 spiro atoms. The van der Waals surface area contributed by atoms with Crippen molar-refractivity contribution in [1.82, 2.24) is 0 Å². The number of hydrogen-bond acceptors (Lipinski definition) is 6. The number of unbranched alkanes of at least 4 members (excludes halogenated alkanes) is 27. The smallest absolute Gasteiger partial charge is 0.306 e. The maximum absolute atomic E-state index is 12.9. The number of hydrogen-bond donors (Lipinski definition) is 0. The van der Waals surface area contributed by atoms with Crippen LogP contribution in [0.2, 0.25) is 0 Å². The van der Waals surface area contributed by atoms with Crippen molar-refractivity contribution < 1.29 is 28.6 Å². The van der Waals surface area contributed by atoms with Gasteiger partial charge in [0, 0.05) is 19.3 Å². The van der Waals surface area contributed by atoms with Gasteiger partial charge in [-0.05, 0) is 116 Å². The van der Waals surface area contributed by atoms with E-state index in [1.54, 1.807) is 0 Å². The lowest BCUT2D eigenvalue weighted by molar-refractivity contribution is -0.167. The molecule has 0 aliphatic carbocycles. The normalized spacial score (nSPS) is 13.0. The largest absolute Gasteiger partial charge is 0.462 e. The Kier molecular flexibility index (Phi) is 64.3. The van der Waals surface area contributed by atoms with Crippen LogP contribution in [-0.2, 0) is 28.6 Å². The quantitative estimate of drug-likeness (QED) is 0.0261. The van der Waals surface area contributed by atoms with Crippen molar-refractivity contribution in [1.29, 1.82) is 0 Å². The summed E-state index contributed by atoms with van der Waals surface area (Å²) < 4.78 is 16.9. The van der Waals surface area contributed by atoms with Gasteiger partial charge < -0.3 is 14.2 Å². The standard InChI is InChI=1S/C75H124O6/c1-4-7-10-13-16-19-22-25-28-29-30-31-32-33-34-35-36-37-38-39-40-41-42-43-44-45-48-50-53-56-59-62-65-68-74(77)80-71-72(81-75(78)69-66-63-60-57-54-51-47-27-24-21-18-15-12-9-6-3)70-79-73(76)67-64-61-58-55-52-49-46-26-23-20-17-14-11-8-5-2/h7,9-10,12,16,18-19,21,25,27-28,30-31,33-34,36-37,39-40,42-43,47,72H,4-6,8,11,13-15,17,20,22-24,26,29,32,35,38,41,44-46,48-71H2,1-3H3/b10-7-,12-9-,19-16-,21-18-,28-25-,31-30-,34-33-,37-36-,40-39-,43-42-,47-27-. The molecule has 0 heterocycles. The Hall–Kier alpha value is -4.45. The summed E-state index contributed by atoms with van der Waals surface area (Å²) in [6.45, 7) is 6.41. The van der Waals surface area contributed by atoms with E-state index in [1.165, 1.54) is 109 Å². The van der Waals surface area contributed by atoms with Crippen LogP contribution in [0.4, 0.5) is 0 Å². The van der Waals surface area contributed by atoms with E-state index in [0.717, 1.165) is 154 Å². The Morgan fingerprint density at radius 3 is 0.753 bits per heavy atom. The van der Waals surface area contributed by atoms with Crippen LogP contribution in [0.5, 0.6) is 0 Å². The number of carbonyl (C=O) groups excluding carboxylic acids is 3. The minimum absolute atomic E-state index is 0.0875. The van der Waals surface area contributed by atoms with Crippen LogP contribution in [0.25, 0.3) is 0 Å². The highest BCUT2D eigenvalue weighted by Crippen LogP contribution is 2.16. The van der Waals surface area contributed by atoms with Crippen LogP contribution in [-0.4, -0.2) is 37.2 Å². The molecule has 0 amide bonds. The molecule has 0 aliphatic rings. The van der Waals surface area contributed by atoms with Gasteiger partial charge in [0.1, 0.15) is 13.2 Å². The van der Waals surface area contributed by atoms with Crippen LogP contribution in [0.3, 0.4) is 0 Å². The predicted molar refractivity (Wildman–Crippen MR) is 353 cm³/mol. The van der Waals surface area contributed by atoms with E-state index in [1.807, 2.05) is 0 Å². The first kappa shape index (κ1) is 76.5. The molecule has 81 heavy (non-hydrogen) atoms. The fourth-order valence-electron chi connectivity index (χ4n) is 9.18. The maximum Gasteiger partial charge on any atom is 0.306 e. The lowest BCUT2D eigenvalue weighted by atomic mass is 10.0. The van der Waals surface area contributed by atoms with Gasteiger partial charge in [-0.1, -0.05) is 302 Å². The second-order valence-electron chi connectivity index (χ2n) is 22.0. The molecule has 0 saturated heterocycles. The van der Waals surface area contributed by atoms with E-state index in [2.05, 4.69) is 154 Å². The molecule has 1 atom stereocenters. The highest BCUT2D eigenvalue weighted by Gasteiger charge is 2.19. The summed E-state index contributed by atoms with van der Waals surface area (Å²) in [6, 6.07) is 0. The summed E-state index contributed by atoms with van der Waals surface area (Å²) in [4.78, 5) is 38.3. The molecule has 0 fully saturated rings. The Morgan fingerprint density at radius 1 is 0.259 bits per heavy atom. The molecule has 460 valence electrons. The average Bonchev–Trinajstić information content (AvgIpc) is 3.47. The van der Waals surface area contributed by atoms with E-state index in [9.17, 15) is 14.4 Å². The van der Waals surface area contributed by atoms with Gasteiger partial charge in [0.05, 0.1) is 0 Å². The zero-order valence-corrected chi connectivity index (χ0v) is 52.8. The van der Waals surface area contributed by atoms with Crippen LogP contribution in [0, 0.1) is 0 Å². The topological polar surface area (TPSA) is 78.9 Å². The Balaban J connectivity index is 4.30. The van der Waals surface area contributed by atoms with E-state index in [-0.39, 0.29) is 31.1 Å². The first-order valence-electron chi connectivity index (χ1n) is 33.7.